The molecule has 0 saturated carbocycles. The van der Waals surface area contributed by atoms with E-state index in [4.69, 9.17) is 17.3 Å². The van der Waals surface area contributed by atoms with Gasteiger partial charge in [-0.1, -0.05) is 11.6 Å². The lowest BCUT2D eigenvalue weighted by molar-refractivity contribution is -0.144. The normalized spacial score (nSPS) is 11.5. The number of aromatic nitrogens is 2. The first-order valence-corrected chi connectivity index (χ1v) is 3.82. The van der Waals surface area contributed by atoms with Crippen molar-refractivity contribution in [2.75, 3.05) is 18.1 Å². The van der Waals surface area contributed by atoms with Crippen molar-refractivity contribution in [2.45, 2.75) is 6.18 Å². The van der Waals surface area contributed by atoms with Crippen LogP contribution in [0.5, 0.6) is 0 Å². The number of nitrogens with one attached hydrogen (secondary N) is 1. The second-order valence-electron chi connectivity index (χ2n) is 2.35. The van der Waals surface area contributed by atoms with E-state index >= 15 is 0 Å². The molecule has 0 aliphatic rings. The second-order valence-corrected chi connectivity index (χ2v) is 2.71. The minimum absolute atomic E-state index is 0.109. The van der Waals surface area contributed by atoms with E-state index in [9.17, 15) is 13.2 Å². The number of nitrogens with zero attached hydrogens (tertiary/aromatic N) is 2. The van der Waals surface area contributed by atoms with Gasteiger partial charge in [0.2, 0.25) is 5.82 Å². The third kappa shape index (κ3) is 1.98. The van der Waals surface area contributed by atoms with Gasteiger partial charge in [-0.05, 0) is 0 Å². The second kappa shape index (κ2) is 3.49. The third-order valence-electron chi connectivity index (χ3n) is 1.39. The highest BCUT2D eigenvalue weighted by Crippen LogP contribution is 2.31. The average Bonchev–Trinajstić information content (AvgIpc) is 2.07. The maximum Gasteiger partial charge on any atom is 0.451 e. The molecule has 14 heavy (non-hydrogen) atoms. The fraction of sp³-hybridized carbons (Fsp3) is 0.333. The summed E-state index contributed by atoms with van der Waals surface area (Å²) in [5, 5.41) is 1.97. The highest BCUT2D eigenvalue weighted by molar-refractivity contribution is 6.32. The van der Waals surface area contributed by atoms with Gasteiger partial charge in [-0.3, -0.25) is 0 Å². The van der Waals surface area contributed by atoms with Crippen molar-refractivity contribution >= 4 is 23.1 Å². The number of halogens is 4. The van der Waals surface area contributed by atoms with Gasteiger partial charge in [0.05, 0.1) is 0 Å². The first kappa shape index (κ1) is 10.8. The van der Waals surface area contributed by atoms with Gasteiger partial charge in [0, 0.05) is 7.05 Å². The van der Waals surface area contributed by atoms with Gasteiger partial charge in [-0.25, -0.2) is 9.97 Å². The summed E-state index contributed by atoms with van der Waals surface area (Å²) in [5.74, 6) is -1.46. The van der Waals surface area contributed by atoms with E-state index in [2.05, 4.69) is 15.3 Å². The smallest absolute Gasteiger partial charge is 0.393 e. The van der Waals surface area contributed by atoms with Crippen molar-refractivity contribution in [1.82, 2.24) is 9.97 Å². The van der Waals surface area contributed by atoms with Crippen LogP contribution in [0.2, 0.25) is 5.15 Å². The largest absolute Gasteiger partial charge is 0.451 e. The summed E-state index contributed by atoms with van der Waals surface area (Å²) in [6, 6.07) is 0. The zero-order valence-corrected chi connectivity index (χ0v) is 7.74. The molecular formula is C6H6ClF3N4. The maximum absolute atomic E-state index is 12.2. The van der Waals surface area contributed by atoms with Crippen LogP contribution in [-0.2, 0) is 6.18 Å². The summed E-state index contributed by atoms with van der Waals surface area (Å²) in [5.41, 5.74) is 5.21. The lowest BCUT2D eigenvalue weighted by Crippen LogP contribution is -2.14. The monoisotopic (exact) mass is 226 g/mol. The summed E-state index contributed by atoms with van der Waals surface area (Å²) in [6.07, 6.45) is -4.64. The molecule has 78 valence electrons. The molecule has 0 amide bonds. The van der Waals surface area contributed by atoms with Gasteiger partial charge in [-0.15, -0.1) is 0 Å². The SMILES string of the molecule is CNc1nc(C(F)(F)F)nc(Cl)c1N. The van der Waals surface area contributed by atoms with Gasteiger partial charge in [0.15, 0.2) is 11.0 Å². The van der Waals surface area contributed by atoms with Crippen molar-refractivity contribution in [3.05, 3.63) is 11.0 Å². The van der Waals surface area contributed by atoms with Crippen molar-refractivity contribution in [2.24, 2.45) is 0 Å². The minimum atomic E-state index is -4.64. The highest BCUT2D eigenvalue weighted by Gasteiger charge is 2.36. The number of alkyl halides is 3. The molecule has 0 aliphatic heterocycles. The zero-order valence-electron chi connectivity index (χ0n) is 6.98. The highest BCUT2D eigenvalue weighted by atomic mass is 35.5. The summed E-state index contributed by atoms with van der Waals surface area (Å²) in [4.78, 5) is 6.18. The summed E-state index contributed by atoms with van der Waals surface area (Å²) in [6.45, 7) is 0. The number of nitrogen functional groups attached to an aromatic ring is 1. The predicted molar refractivity (Wildman–Crippen MR) is 46.0 cm³/mol. The predicted octanol–water partition coefficient (Wildman–Crippen LogP) is 1.77. The Bertz CT molecular complexity index is 352. The van der Waals surface area contributed by atoms with Crippen LogP contribution in [-0.4, -0.2) is 17.0 Å². The van der Waals surface area contributed by atoms with E-state index < -0.39 is 17.2 Å². The van der Waals surface area contributed by atoms with E-state index in [1.165, 1.54) is 7.05 Å². The van der Waals surface area contributed by atoms with Crippen LogP contribution in [0, 0.1) is 0 Å². The molecule has 0 spiro atoms. The molecule has 0 radical (unpaired) electrons. The lowest BCUT2D eigenvalue weighted by atomic mass is 10.4. The summed E-state index contributed by atoms with van der Waals surface area (Å²) in [7, 11) is 1.38. The standard InChI is InChI=1S/C6H6ClF3N4/c1-12-4-2(11)3(7)13-5(14-4)6(8,9)10/h11H2,1H3,(H,12,13,14). The quantitative estimate of drug-likeness (QED) is 0.717. The summed E-state index contributed by atoms with van der Waals surface area (Å²) < 4.78 is 36.5. The van der Waals surface area contributed by atoms with Crippen LogP contribution < -0.4 is 11.1 Å². The summed E-state index contributed by atoms with van der Waals surface area (Å²) >= 11 is 5.39. The van der Waals surface area contributed by atoms with E-state index in [-0.39, 0.29) is 11.5 Å². The Morgan fingerprint density at radius 1 is 1.36 bits per heavy atom. The van der Waals surface area contributed by atoms with Crippen molar-refractivity contribution in [3.8, 4) is 0 Å². The fourth-order valence-corrected chi connectivity index (χ4v) is 0.929. The van der Waals surface area contributed by atoms with Gasteiger partial charge < -0.3 is 11.1 Å². The molecule has 0 fully saturated rings. The Morgan fingerprint density at radius 3 is 2.36 bits per heavy atom. The molecule has 0 bridgehead atoms. The maximum atomic E-state index is 12.2. The van der Waals surface area contributed by atoms with Crippen LogP contribution in [0.4, 0.5) is 24.7 Å². The topological polar surface area (TPSA) is 63.8 Å². The molecule has 4 nitrogen and oxygen atoms in total. The first-order valence-electron chi connectivity index (χ1n) is 3.44. The molecule has 0 atom stereocenters. The molecule has 0 aliphatic carbocycles. The molecule has 3 N–H and O–H groups in total. The number of hydrogen-bond donors (Lipinski definition) is 2. The Labute approximate surface area is 82.3 Å². The molecule has 0 unspecified atom stereocenters. The van der Waals surface area contributed by atoms with Crippen LogP contribution in [0.25, 0.3) is 0 Å². The van der Waals surface area contributed by atoms with E-state index in [0.717, 1.165) is 0 Å². The number of rotatable bonds is 1. The van der Waals surface area contributed by atoms with E-state index in [0.29, 0.717) is 0 Å². The van der Waals surface area contributed by atoms with Crippen LogP contribution >= 0.6 is 11.6 Å². The Hall–Kier alpha value is -1.24. The molecular weight excluding hydrogens is 221 g/mol. The van der Waals surface area contributed by atoms with E-state index in [1.807, 2.05) is 0 Å². The lowest BCUT2D eigenvalue weighted by Gasteiger charge is -2.09. The number of hydrogen-bond acceptors (Lipinski definition) is 4. The van der Waals surface area contributed by atoms with Crippen LogP contribution in [0.3, 0.4) is 0 Å². The van der Waals surface area contributed by atoms with Gasteiger partial charge in [0.1, 0.15) is 5.69 Å². The minimum Gasteiger partial charge on any atom is -0.393 e. The van der Waals surface area contributed by atoms with Gasteiger partial charge in [0.25, 0.3) is 0 Å². The molecule has 8 heteroatoms. The zero-order chi connectivity index (χ0) is 10.9. The average molecular weight is 227 g/mol. The van der Waals surface area contributed by atoms with Crippen LogP contribution in [0.15, 0.2) is 0 Å². The van der Waals surface area contributed by atoms with Crippen LogP contribution in [0.1, 0.15) is 5.82 Å². The number of anilines is 2. The molecule has 1 rings (SSSR count). The molecule has 0 saturated heterocycles. The number of nitrogens with two attached hydrogens (primary N) is 1. The molecule has 1 aromatic rings. The Kier molecular flexibility index (Phi) is 2.70. The Balaban J connectivity index is 3.30. The van der Waals surface area contributed by atoms with E-state index in [1.54, 1.807) is 0 Å². The molecule has 1 aromatic heterocycles. The molecule has 1 heterocycles. The Morgan fingerprint density at radius 2 is 1.93 bits per heavy atom. The fourth-order valence-electron chi connectivity index (χ4n) is 0.759. The third-order valence-corrected chi connectivity index (χ3v) is 1.68. The first-order chi connectivity index (χ1) is 6.36. The van der Waals surface area contributed by atoms with Crippen molar-refractivity contribution in [3.63, 3.8) is 0 Å². The van der Waals surface area contributed by atoms with Crippen molar-refractivity contribution in [1.29, 1.82) is 0 Å². The van der Waals surface area contributed by atoms with Crippen molar-refractivity contribution < 1.29 is 13.2 Å². The van der Waals surface area contributed by atoms with Gasteiger partial charge >= 0.3 is 6.18 Å². The van der Waals surface area contributed by atoms with Gasteiger partial charge in [-0.2, -0.15) is 13.2 Å². The molecule has 0 aromatic carbocycles.